The lowest BCUT2D eigenvalue weighted by Gasteiger charge is -2.09. The molecule has 0 aromatic carbocycles. The number of hydrogen-bond acceptors (Lipinski definition) is 3. The van der Waals surface area contributed by atoms with Crippen molar-refractivity contribution in [2.24, 2.45) is 0 Å². The van der Waals surface area contributed by atoms with E-state index in [1.165, 1.54) is 0 Å². The smallest absolute Gasteiger partial charge is 0.0607 e. The van der Waals surface area contributed by atoms with Crippen LogP contribution in [-0.2, 0) is 0 Å². The zero-order valence-corrected chi connectivity index (χ0v) is 5.80. The Bertz CT molecular complexity index is 55.0. The van der Waals surface area contributed by atoms with Gasteiger partial charge in [0.15, 0.2) is 0 Å². The second-order valence-electron chi connectivity index (χ2n) is 2.15. The number of nitrogens with one attached hydrogen (secondary N) is 1. The van der Waals surface area contributed by atoms with Crippen molar-refractivity contribution in [1.29, 1.82) is 0 Å². The summed E-state index contributed by atoms with van der Waals surface area (Å²) in [7, 11) is 0. The fourth-order valence-electron chi connectivity index (χ4n) is 0.647. The van der Waals surface area contributed by atoms with Crippen molar-refractivity contribution in [3.63, 3.8) is 0 Å². The van der Waals surface area contributed by atoms with E-state index in [-0.39, 0.29) is 12.6 Å². The zero-order chi connectivity index (χ0) is 7.11. The summed E-state index contributed by atoms with van der Waals surface area (Å²) in [4.78, 5) is 0. The summed E-state index contributed by atoms with van der Waals surface area (Å²) in [5, 5.41) is 16.9. The Morgan fingerprint density at radius 3 is 2.56 bits per heavy atom. The van der Waals surface area contributed by atoms with E-state index < -0.39 is 0 Å². The van der Waals surface area contributed by atoms with Gasteiger partial charge in [0.05, 0.1) is 12.6 Å². The van der Waals surface area contributed by atoms with Crippen LogP contribution in [0.1, 0.15) is 26.2 Å². The van der Waals surface area contributed by atoms with E-state index in [2.05, 4.69) is 6.92 Å². The number of hydrogen-bond donors (Lipinski definition) is 3. The van der Waals surface area contributed by atoms with Crippen LogP contribution in [0.4, 0.5) is 0 Å². The Kier molecular flexibility index (Phi) is 5.93. The van der Waals surface area contributed by atoms with Gasteiger partial charge in [-0.25, -0.2) is 5.48 Å². The molecule has 0 heterocycles. The van der Waals surface area contributed by atoms with Crippen LogP contribution in [0.3, 0.4) is 0 Å². The lowest BCUT2D eigenvalue weighted by Crippen LogP contribution is -2.29. The lowest BCUT2D eigenvalue weighted by atomic mass is 10.1. The first kappa shape index (κ1) is 8.88. The molecule has 3 heteroatoms. The van der Waals surface area contributed by atoms with Gasteiger partial charge in [-0.1, -0.05) is 19.8 Å². The van der Waals surface area contributed by atoms with Gasteiger partial charge in [-0.2, -0.15) is 0 Å². The number of unbranched alkanes of at least 4 members (excludes halogenated alkanes) is 1. The van der Waals surface area contributed by atoms with Gasteiger partial charge in [0.1, 0.15) is 0 Å². The molecular weight excluding hydrogens is 118 g/mol. The van der Waals surface area contributed by atoms with E-state index in [4.69, 9.17) is 10.3 Å². The third-order valence-electron chi connectivity index (χ3n) is 1.31. The summed E-state index contributed by atoms with van der Waals surface area (Å²) < 4.78 is 0. The third kappa shape index (κ3) is 4.39. The Morgan fingerprint density at radius 2 is 2.22 bits per heavy atom. The van der Waals surface area contributed by atoms with Crippen LogP contribution in [-0.4, -0.2) is 23.0 Å². The molecule has 0 bridgehead atoms. The predicted octanol–water partition coefficient (Wildman–Crippen LogP) is 0.516. The van der Waals surface area contributed by atoms with E-state index in [0.29, 0.717) is 0 Å². The summed E-state index contributed by atoms with van der Waals surface area (Å²) in [6.07, 6.45) is 2.97. The molecule has 3 N–H and O–H groups in total. The molecule has 0 aromatic rings. The normalized spacial score (nSPS) is 13.7. The van der Waals surface area contributed by atoms with Crippen molar-refractivity contribution in [2.45, 2.75) is 32.2 Å². The van der Waals surface area contributed by atoms with Crippen LogP contribution in [0.5, 0.6) is 0 Å². The maximum Gasteiger partial charge on any atom is 0.0607 e. The van der Waals surface area contributed by atoms with Gasteiger partial charge in [-0.05, 0) is 6.42 Å². The molecule has 0 spiro atoms. The predicted molar refractivity (Wildman–Crippen MR) is 35.3 cm³/mol. The largest absolute Gasteiger partial charge is 0.395 e. The van der Waals surface area contributed by atoms with Gasteiger partial charge in [0.25, 0.3) is 0 Å². The van der Waals surface area contributed by atoms with Gasteiger partial charge >= 0.3 is 0 Å². The maximum atomic E-state index is 8.53. The maximum absolute atomic E-state index is 8.53. The molecule has 0 rings (SSSR count). The van der Waals surface area contributed by atoms with Crippen molar-refractivity contribution < 1.29 is 10.3 Å². The fourth-order valence-corrected chi connectivity index (χ4v) is 0.647. The Hall–Kier alpha value is -0.120. The number of aliphatic hydroxyl groups excluding tert-OH is 1. The monoisotopic (exact) mass is 133 g/mol. The van der Waals surface area contributed by atoms with Gasteiger partial charge in [0, 0.05) is 0 Å². The van der Waals surface area contributed by atoms with Crippen molar-refractivity contribution in [3.05, 3.63) is 0 Å². The van der Waals surface area contributed by atoms with Crippen molar-refractivity contribution in [2.75, 3.05) is 6.61 Å². The number of hydroxylamine groups is 1. The molecule has 0 saturated carbocycles. The van der Waals surface area contributed by atoms with Gasteiger partial charge in [-0.15, -0.1) is 0 Å². The molecule has 0 aromatic heterocycles. The summed E-state index contributed by atoms with van der Waals surface area (Å²) in [5.41, 5.74) is 2.04. The quantitative estimate of drug-likeness (QED) is 0.479. The first-order valence-corrected chi connectivity index (χ1v) is 3.35. The Morgan fingerprint density at radius 1 is 1.56 bits per heavy atom. The van der Waals surface area contributed by atoms with Crippen molar-refractivity contribution in [1.82, 2.24) is 5.48 Å². The SMILES string of the molecule is CCCCC(CO)NO. The summed E-state index contributed by atoms with van der Waals surface area (Å²) in [6, 6.07) is -0.134. The Balaban J connectivity index is 3.09. The molecule has 0 amide bonds. The molecule has 1 unspecified atom stereocenters. The highest BCUT2D eigenvalue weighted by Gasteiger charge is 2.02. The van der Waals surface area contributed by atoms with E-state index in [0.717, 1.165) is 19.3 Å². The molecule has 9 heavy (non-hydrogen) atoms. The first-order valence-electron chi connectivity index (χ1n) is 3.35. The van der Waals surface area contributed by atoms with Crippen LogP contribution < -0.4 is 5.48 Å². The second kappa shape index (κ2) is 6.01. The van der Waals surface area contributed by atoms with Gasteiger partial charge < -0.3 is 10.3 Å². The first-order chi connectivity index (χ1) is 4.35. The van der Waals surface area contributed by atoms with Crippen LogP contribution in [0.25, 0.3) is 0 Å². The zero-order valence-electron chi connectivity index (χ0n) is 5.80. The van der Waals surface area contributed by atoms with Crippen molar-refractivity contribution >= 4 is 0 Å². The molecule has 3 nitrogen and oxygen atoms in total. The number of rotatable bonds is 5. The summed E-state index contributed by atoms with van der Waals surface area (Å²) >= 11 is 0. The highest BCUT2D eigenvalue weighted by Crippen LogP contribution is 1.97. The second-order valence-corrected chi connectivity index (χ2v) is 2.15. The van der Waals surface area contributed by atoms with Crippen molar-refractivity contribution in [3.8, 4) is 0 Å². The van der Waals surface area contributed by atoms with E-state index in [9.17, 15) is 0 Å². The molecule has 0 fully saturated rings. The molecule has 56 valence electrons. The van der Waals surface area contributed by atoms with Crippen LogP contribution >= 0.6 is 0 Å². The third-order valence-corrected chi connectivity index (χ3v) is 1.31. The van der Waals surface area contributed by atoms with Gasteiger partial charge in [-0.3, -0.25) is 0 Å². The average Bonchev–Trinajstić information content (AvgIpc) is 1.91. The van der Waals surface area contributed by atoms with E-state index >= 15 is 0 Å². The van der Waals surface area contributed by atoms with E-state index in [1.54, 1.807) is 0 Å². The van der Waals surface area contributed by atoms with Crippen LogP contribution in [0.15, 0.2) is 0 Å². The topological polar surface area (TPSA) is 52.5 Å². The molecule has 0 aliphatic rings. The van der Waals surface area contributed by atoms with Gasteiger partial charge in [0.2, 0.25) is 0 Å². The highest BCUT2D eigenvalue weighted by atomic mass is 16.5. The fraction of sp³-hybridized carbons (Fsp3) is 1.00. The van der Waals surface area contributed by atoms with Crippen LogP contribution in [0.2, 0.25) is 0 Å². The summed E-state index contributed by atoms with van der Waals surface area (Å²) in [5.74, 6) is 0. The molecule has 0 radical (unpaired) electrons. The van der Waals surface area contributed by atoms with Crippen LogP contribution in [0, 0.1) is 0 Å². The highest BCUT2D eigenvalue weighted by molar-refractivity contribution is 4.58. The molecule has 1 atom stereocenters. The Labute approximate surface area is 55.7 Å². The minimum Gasteiger partial charge on any atom is -0.395 e. The molecule has 0 saturated heterocycles. The minimum absolute atomic E-state index is 0.0104. The lowest BCUT2D eigenvalue weighted by molar-refractivity contribution is 0.0853. The summed E-state index contributed by atoms with van der Waals surface area (Å²) in [6.45, 7) is 2.09. The molecule has 0 aliphatic heterocycles. The average molecular weight is 133 g/mol. The number of aliphatic hydroxyl groups is 1. The van der Waals surface area contributed by atoms with E-state index in [1.807, 2.05) is 5.48 Å². The minimum atomic E-state index is -0.134. The molecular formula is C6H15NO2. The molecule has 0 aliphatic carbocycles. The standard InChI is InChI=1S/C6H15NO2/c1-2-3-4-6(5-8)7-9/h6-9H,2-5H2,1H3.